The van der Waals surface area contributed by atoms with Crippen molar-refractivity contribution in [3.63, 3.8) is 0 Å². The van der Waals surface area contributed by atoms with Crippen molar-refractivity contribution in [2.24, 2.45) is 17.8 Å². The van der Waals surface area contributed by atoms with Crippen LogP contribution in [0.25, 0.3) is 0 Å². The smallest absolute Gasteiger partial charge is 0.264 e. The van der Waals surface area contributed by atoms with Gasteiger partial charge in [-0.15, -0.1) is 0 Å². The van der Waals surface area contributed by atoms with Gasteiger partial charge in [-0.25, -0.2) is 13.1 Å². The van der Waals surface area contributed by atoms with E-state index in [1.165, 1.54) is 11.1 Å². The number of ether oxygens (including phenoxy) is 2. The molecule has 2 aliphatic carbocycles. The van der Waals surface area contributed by atoms with Crippen LogP contribution < -0.4 is 14.4 Å². The Morgan fingerprint density at radius 1 is 1.08 bits per heavy atom. The highest BCUT2D eigenvalue weighted by Crippen LogP contribution is 2.49. The molecular weight excluding hydrogens is 708 g/mol. The molecule has 3 heterocycles. The standard InChI is InChI=1S/C42H59ClN4O5S/c1-6-52-42(27-45-19-21-46(22-20-45)29(2)3)18-7-9-30(4)31(5)53(49,50)44-40(48)33-12-16-39-38(24-33)47(25-34-11-14-37(34)42)26-41(28-51-39)17-8-10-32-23-35(43)13-15-36(32)41/h7,12-13,15-16,18,23-24,29-31,34,37H,6,8-11,14,17,19-22,25-28H2,1-5H3,(H,44,48)/b18-7+/t30-,31+,34-,37+,41-,42-/m0/s1. The first-order valence-electron chi connectivity index (χ1n) is 20.0. The molecule has 3 aliphatic heterocycles. The number of hydrogen-bond acceptors (Lipinski definition) is 8. The Bertz CT molecular complexity index is 1800. The number of fused-ring (bicyclic) bond motifs is 4. The van der Waals surface area contributed by atoms with Gasteiger partial charge in [-0.05, 0) is 125 Å². The van der Waals surface area contributed by atoms with E-state index in [4.69, 9.17) is 21.1 Å². The summed E-state index contributed by atoms with van der Waals surface area (Å²) in [5.74, 6) is 0.525. The number of anilines is 1. The normalized spacial score (nSPS) is 32.9. The molecule has 1 N–H and O–H groups in total. The lowest BCUT2D eigenvalue weighted by molar-refractivity contribution is -0.113. The lowest BCUT2D eigenvalue weighted by atomic mass is 9.63. The molecule has 0 unspecified atom stereocenters. The molecule has 2 fully saturated rings. The fraction of sp³-hybridized carbons (Fsp3) is 0.643. The molecule has 5 aliphatic rings. The molecule has 290 valence electrons. The average Bonchev–Trinajstić information content (AvgIpc) is 3.26. The van der Waals surface area contributed by atoms with E-state index in [-0.39, 0.29) is 17.3 Å². The van der Waals surface area contributed by atoms with E-state index in [9.17, 15) is 13.2 Å². The lowest BCUT2D eigenvalue weighted by Gasteiger charge is -2.52. The number of nitrogens with one attached hydrogen (secondary N) is 1. The fourth-order valence-corrected chi connectivity index (χ4v) is 11.3. The number of benzene rings is 2. The number of nitrogens with zero attached hydrogens (tertiary/aromatic N) is 3. The molecule has 7 rings (SSSR count). The maximum atomic E-state index is 13.7. The van der Waals surface area contributed by atoms with Gasteiger partial charge in [0, 0.05) is 74.5 Å². The Kier molecular flexibility index (Phi) is 11.3. The minimum Gasteiger partial charge on any atom is -0.490 e. The third-order valence-corrected chi connectivity index (χ3v) is 15.4. The number of sulfonamides is 1. The van der Waals surface area contributed by atoms with E-state index in [1.807, 2.05) is 25.1 Å². The van der Waals surface area contributed by atoms with Crippen molar-refractivity contribution in [2.75, 3.05) is 63.9 Å². The summed E-state index contributed by atoms with van der Waals surface area (Å²) in [6.07, 6.45) is 10.2. The van der Waals surface area contributed by atoms with Crippen molar-refractivity contribution in [1.82, 2.24) is 14.5 Å². The number of hydrogen-bond donors (Lipinski definition) is 1. The fourth-order valence-electron chi connectivity index (χ4n) is 9.78. The summed E-state index contributed by atoms with van der Waals surface area (Å²) in [5, 5.41) is -0.0207. The monoisotopic (exact) mass is 766 g/mol. The van der Waals surface area contributed by atoms with Crippen LogP contribution in [0, 0.1) is 17.8 Å². The molecule has 2 bridgehead atoms. The van der Waals surface area contributed by atoms with Crippen molar-refractivity contribution in [1.29, 1.82) is 0 Å². The first-order chi connectivity index (χ1) is 25.3. The molecular formula is C42H59ClN4O5S. The Labute approximate surface area is 322 Å². The number of allylic oxidation sites excluding steroid dienone is 1. The van der Waals surface area contributed by atoms with Gasteiger partial charge in [0.2, 0.25) is 10.0 Å². The van der Waals surface area contributed by atoms with Crippen LogP contribution in [0.4, 0.5) is 5.69 Å². The van der Waals surface area contributed by atoms with Gasteiger partial charge in [-0.3, -0.25) is 14.6 Å². The second-order valence-electron chi connectivity index (χ2n) is 16.8. The molecule has 11 heteroatoms. The Hall–Kier alpha value is -2.63. The topological polar surface area (TPSA) is 91.4 Å². The largest absolute Gasteiger partial charge is 0.490 e. The van der Waals surface area contributed by atoms with E-state index in [0.717, 1.165) is 94.4 Å². The van der Waals surface area contributed by atoms with Gasteiger partial charge in [0.25, 0.3) is 5.91 Å². The molecule has 1 saturated heterocycles. The number of carbonyl (C=O) groups excluding carboxylic acids is 1. The van der Waals surface area contributed by atoms with Crippen LogP contribution in [-0.2, 0) is 26.6 Å². The van der Waals surface area contributed by atoms with E-state index in [0.29, 0.717) is 37.2 Å². The second-order valence-corrected chi connectivity index (χ2v) is 19.3. The van der Waals surface area contributed by atoms with Crippen LogP contribution in [0.1, 0.15) is 88.2 Å². The van der Waals surface area contributed by atoms with E-state index < -0.39 is 26.8 Å². The number of halogens is 1. The second kappa shape index (κ2) is 15.5. The minimum atomic E-state index is -3.95. The molecule has 1 spiro atoms. The Balaban J connectivity index is 1.30. The van der Waals surface area contributed by atoms with Crippen LogP contribution >= 0.6 is 11.6 Å². The SMILES string of the molecule is CCO[C@]1(CN2CCN(C(C)C)CC2)/C=C/C[C@H](C)[C@@H](C)S(=O)(=O)NC(=O)c2ccc3c(c2)N(C[C@@H]2CC[C@H]21)C[C@@]1(CCCc2cc(Cl)ccc21)CO3. The van der Waals surface area contributed by atoms with E-state index >= 15 is 0 Å². The van der Waals surface area contributed by atoms with Crippen LogP contribution in [0.3, 0.4) is 0 Å². The number of carbonyl (C=O) groups is 1. The number of amides is 1. The summed E-state index contributed by atoms with van der Waals surface area (Å²) in [4.78, 5) is 21.3. The highest BCUT2D eigenvalue weighted by molar-refractivity contribution is 7.90. The summed E-state index contributed by atoms with van der Waals surface area (Å²) in [7, 11) is -3.95. The van der Waals surface area contributed by atoms with Crippen molar-refractivity contribution in [3.8, 4) is 5.75 Å². The van der Waals surface area contributed by atoms with Gasteiger partial charge in [0.1, 0.15) is 11.4 Å². The summed E-state index contributed by atoms with van der Waals surface area (Å²) in [6, 6.07) is 12.2. The molecule has 1 amide bonds. The molecule has 2 aromatic rings. The van der Waals surface area contributed by atoms with Gasteiger partial charge in [-0.2, -0.15) is 0 Å². The first-order valence-corrected chi connectivity index (χ1v) is 21.9. The molecule has 1 saturated carbocycles. The predicted octanol–water partition coefficient (Wildman–Crippen LogP) is 6.68. The molecule has 53 heavy (non-hydrogen) atoms. The summed E-state index contributed by atoms with van der Waals surface area (Å²) >= 11 is 6.51. The number of rotatable bonds is 5. The zero-order valence-corrected chi connectivity index (χ0v) is 33.9. The third kappa shape index (κ3) is 7.77. The predicted molar refractivity (Wildman–Crippen MR) is 213 cm³/mol. The third-order valence-electron chi connectivity index (χ3n) is 13.3. The maximum absolute atomic E-state index is 13.7. The van der Waals surface area contributed by atoms with Gasteiger partial charge in [0.15, 0.2) is 0 Å². The molecule has 2 aromatic carbocycles. The number of piperazine rings is 1. The summed E-state index contributed by atoms with van der Waals surface area (Å²) < 4.78 is 43.4. The number of aryl methyl sites for hydroxylation is 1. The minimum absolute atomic E-state index is 0.212. The highest BCUT2D eigenvalue weighted by atomic mass is 35.5. The van der Waals surface area contributed by atoms with Crippen LogP contribution in [0.5, 0.6) is 5.75 Å². The van der Waals surface area contributed by atoms with E-state index in [2.05, 4.69) is 64.5 Å². The van der Waals surface area contributed by atoms with Crippen LogP contribution in [-0.4, -0.2) is 100 Å². The zero-order valence-electron chi connectivity index (χ0n) is 32.3. The van der Waals surface area contributed by atoms with Crippen LogP contribution in [0.15, 0.2) is 48.6 Å². The Morgan fingerprint density at radius 3 is 2.58 bits per heavy atom. The van der Waals surface area contributed by atoms with Crippen molar-refractivity contribution in [2.45, 2.75) is 95.5 Å². The van der Waals surface area contributed by atoms with Crippen LogP contribution in [0.2, 0.25) is 5.02 Å². The van der Waals surface area contributed by atoms with Crippen molar-refractivity contribution >= 4 is 33.2 Å². The maximum Gasteiger partial charge on any atom is 0.264 e. The Morgan fingerprint density at radius 2 is 1.87 bits per heavy atom. The quantitative estimate of drug-likeness (QED) is 0.337. The van der Waals surface area contributed by atoms with Crippen molar-refractivity contribution < 1.29 is 22.7 Å². The first kappa shape index (κ1) is 38.6. The summed E-state index contributed by atoms with van der Waals surface area (Å²) in [6.45, 7) is 17.8. The molecule has 9 nitrogen and oxygen atoms in total. The molecule has 6 atom stereocenters. The van der Waals surface area contributed by atoms with Gasteiger partial charge < -0.3 is 14.4 Å². The zero-order chi connectivity index (χ0) is 37.5. The van der Waals surface area contributed by atoms with Gasteiger partial charge >= 0.3 is 0 Å². The van der Waals surface area contributed by atoms with E-state index in [1.54, 1.807) is 13.0 Å². The lowest BCUT2D eigenvalue weighted by Crippen LogP contribution is -2.59. The average molecular weight is 767 g/mol. The van der Waals surface area contributed by atoms with Crippen molar-refractivity contribution in [3.05, 3.63) is 70.3 Å². The summed E-state index contributed by atoms with van der Waals surface area (Å²) in [5.41, 5.74) is 2.95. The highest BCUT2D eigenvalue weighted by Gasteiger charge is 2.50. The molecule has 0 radical (unpaired) electrons. The van der Waals surface area contributed by atoms with Gasteiger partial charge in [-0.1, -0.05) is 36.7 Å². The van der Waals surface area contributed by atoms with Gasteiger partial charge in [0.05, 0.1) is 17.5 Å². The molecule has 0 aromatic heterocycles.